The predicted octanol–water partition coefficient (Wildman–Crippen LogP) is 4.25. The zero-order valence-electron chi connectivity index (χ0n) is 16.8. The van der Waals surface area contributed by atoms with Crippen LogP contribution >= 0.6 is 11.8 Å². The van der Waals surface area contributed by atoms with Crippen molar-refractivity contribution in [3.63, 3.8) is 0 Å². The lowest BCUT2D eigenvalue weighted by atomic mass is 10.1. The molecule has 3 aromatic rings. The van der Waals surface area contributed by atoms with E-state index in [0.29, 0.717) is 5.69 Å². The number of sulfonamides is 1. The van der Waals surface area contributed by atoms with E-state index in [1.54, 1.807) is 30.0 Å². The molecule has 3 rings (SSSR count). The first-order valence-corrected chi connectivity index (χ1v) is 12.2. The van der Waals surface area contributed by atoms with Crippen LogP contribution in [0.2, 0.25) is 0 Å². The number of benzene rings is 3. The number of rotatable bonds is 8. The third-order valence-electron chi connectivity index (χ3n) is 4.57. The molecule has 0 aliphatic rings. The molecule has 0 spiro atoms. The topological polar surface area (TPSA) is 75.3 Å². The number of thioether (sulfide) groups is 1. The van der Waals surface area contributed by atoms with Crippen molar-refractivity contribution in [3.8, 4) is 0 Å². The van der Waals surface area contributed by atoms with E-state index in [1.165, 1.54) is 12.1 Å². The summed E-state index contributed by atoms with van der Waals surface area (Å²) in [5.41, 5.74) is 2.45. The van der Waals surface area contributed by atoms with Crippen molar-refractivity contribution < 1.29 is 13.2 Å². The summed E-state index contributed by atoms with van der Waals surface area (Å²) in [7, 11) is -3.86. The molecule has 0 fully saturated rings. The van der Waals surface area contributed by atoms with Crippen molar-refractivity contribution in [2.45, 2.75) is 29.2 Å². The number of nitrogens with one attached hydrogen (secondary N) is 2. The second kappa shape index (κ2) is 9.93. The van der Waals surface area contributed by atoms with Crippen LogP contribution in [0.1, 0.15) is 11.1 Å². The fourth-order valence-corrected chi connectivity index (χ4v) is 4.60. The third kappa shape index (κ3) is 5.95. The van der Waals surface area contributed by atoms with E-state index in [4.69, 9.17) is 0 Å². The van der Waals surface area contributed by atoms with Gasteiger partial charge in [-0.1, -0.05) is 54.1 Å². The average molecular weight is 441 g/mol. The zero-order chi connectivity index (χ0) is 21.6. The molecule has 0 radical (unpaired) electrons. The highest BCUT2D eigenvalue weighted by molar-refractivity contribution is 7.98. The Morgan fingerprint density at radius 2 is 1.67 bits per heavy atom. The molecule has 30 heavy (non-hydrogen) atoms. The van der Waals surface area contributed by atoms with Crippen LogP contribution in [0.25, 0.3) is 0 Å². The van der Waals surface area contributed by atoms with Crippen molar-refractivity contribution in [2.24, 2.45) is 0 Å². The van der Waals surface area contributed by atoms with Crippen LogP contribution in [-0.4, -0.2) is 26.6 Å². The number of hydrogen-bond acceptors (Lipinski definition) is 4. The summed E-state index contributed by atoms with van der Waals surface area (Å²) >= 11 is 1.57. The zero-order valence-corrected chi connectivity index (χ0v) is 18.5. The molecule has 0 saturated heterocycles. The lowest BCUT2D eigenvalue weighted by molar-refractivity contribution is -0.117. The third-order valence-corrected chi connectivity index (χ3v) is 6.78. The number of amides is 1. The number of carbonyl (C=O) groups excluding carboxylic acids is 1. The quantitative estimate of drug-likeness (QED) is 0.514. The van der Waals surface area contributed by atoms with Gasteiger partial charge in [-0.2, -0.15) is 4.72 Å². The second-order valence-electron chi connectivity index (χ2n) is 6.90. The summed E-state index contributed by atoms with van der Waals surface area (Å²) < 4.78 is 28.4. The Morgan fingerprint density at radius 3 is 2.33 bits per heavy atom. The van der Waals surface area contributed by atoms with Gasteiger partial charge in [-0.25, -0.2) is 8.42 Å². The molecule has 5 nitrogen and oxygen atoms in total. The molecule has 7 heteroatoms. The minimum atomic E-state index is -3.86. The molecule has 1 atom stereocenters. The van der Waals surface area contributed by atoms with Gasteiger partial charge in [0.2, 0.25) is 15.9 Å². The fourth-order valence-electron chi connectivity index (χ4n) is 2.94. The summed E-state index contributed by atoms with van der Waals surface area (Å²) in [6.45, 7) is 1.89. The lowest BCUT2D eigenvalue weighted by Gasteiger charge is -2.19. The van der Waals surface area contributed by atoms with Gasteiger partial charge in [-0.15, -0.1) is 11.8 Å². The monoisotopic (exact) mass is 440 g/mol. The van der Waals surface area contributed by atoms with Gasteiger partial charge >= 0.3 is 0 Å². The first kappa shape index (κ1) is 22.1. The van der Waals surface area contributed by atoms with Crippen molar-refractivity contribution in [1.82, 2.24) is 4.72 Å². The van der Waals surface area contributed by atoms with E-state index >= 15 is 0 Å². The van der Waals surface area contributed by atoms with Gasteiger partial charge in [-0.3, -0.25) is 4.79 Å². The van der Waals surface area contributed by atoms with Gasteiger partial charge in [0, 0.05) is 10.6 Å². The molecular formula is C23H24N2O3S2. The fraction of sp³-hybridized carbons (Fsp3) is 0.174. The summed E-state index contributed by atoms with van der Waals surface area (Å²) in [6, 6.07) is 22.4. The summed E-state index contributed by atoms with van der Waals surface area (Å²) in [4.78, 5) is 14.2. The molecule has 3 aromatic carbocycles. The van der Waals surface area contributed by atoms with Crippen molar-refractivity contribution in [2.75, 3.05) is 11.6 Å². The van der Waals surface area contributed by atoms with Gasteiger partial charge < -0.3 is 5.32 Å². The number of aryl methyl sites for hydroxylation is 1. The molecule has 1 amide bonds. The number of hydrogen-bond donors (Lipinski definition) is 2. The minimum Gasteiger partial charge on any atom is -0.325 e. The molecule has 0 aromatic heterocycles. The first-order valence-electron chi connectivity index (χ1n) is 9.45. The van der Waals surface area contributed by atoms with E-state index in [0.717, 1.165) is 16.0 Å². The first-order chi connectivity index (χ1) is 14.4. The Bertz CT molecular complexity index is 1100. The minimum absolute atomic E-state index is 0.128. The smallest absolute Gasteiger partial charge is 0.242 e. The number of anilines is 1. The number of carbonyl (C=O) groups is 1. The van der Waals surface area contributed by atoms with Crippen LogP contribution in [-0.2, 0) is 21.2 Å². The van der Waals surface area contributed by atoms with Crippen LogP contribution in [0, 0.1) is 6.92 Å². The maximum Gasteiger partial charge on any atom is 0.242 e. The molecular weight excluding hydrogens is 416 g/mol. The van der Waals surface area contributed by atoms with Crippen molar-refractivity contribution >= 4 is 33.4 Å². The summed E-state index contributed by atoms with van der Waals surface area (Å²) in [6.07, 6.45) is 2.19. The molecule has 2 N–H and O–H groups in total. The van der Waals surface area contributed by atoms with Crippen molar-refractivity contribution in [1.29, 1.82) is 0 Å². The standard InChI is InChI=1S/C23H24N2O3S2/c1-17-11-13-21(14-12-17)30(27,28)25-22(15-18-7-4-3-5-8-18)23(26)24-19-9-6-10-20(16-19)29-2/h3-14,16,22,25H,15H2,1-2H3,(H,24,26). The highest BCUT2D eigenvalue weighted by Crippen LogP contribution is 2.20. The van der Waals surface area contributed by atoms with Gasteiger partial charge in [0.1, 0.15) is 6.04 Å². The maximum atomic E-state index is 13.0. The molecule has 0 aliphatic carbocycles. The van der Waals surface area contributed by atoms with Gasteiger partial charge in [0.05, 0.1) is 4.90 Å². The molecule has 0 saturated carbocycles. The Morgan fingerprint density at radius 1 is 0.967 bits per heavy atom. The second-order valence-corrected chi connectivity index (χ2v) is 9.49. The van der Waals surface area contributed by atoms with E-state index in [9.17, 15) is 13.2 Å². The van der Waals surface area contributed by atoms with E-state index in [2.05, 4.69) is 10.0 Å². The Hall–Kier alpha value is -2.61. The summed E-state index contributed by atoms with van der Waals surface area (Å²) in [5.74, 6) is -0.409. The predicted molar refractivity (Wildman–Crippen MR) is 122 cm³/mol. The average Bonchev–Trinajstić information content (AvgIpc) is 2.74. The van der Waals surface area contributed by atoms with Crippen LogP contribution in [0.4, 0.5) is 5.69 Å². The molecule has 156 valence electrons. The van der Waals surface area contributed by atoms with Crippen LogP contribution in [0.3, 0.4) is 0 Å². The van der Waals surface area contributed by atoms with E-state index < -0.39 is 22.0 Å². The molecule has 0 bridgehead atoms. The Kier molecular flexibility index (Phi) is 7.31. The van der Waals surface area contributed by atoms with Gasteiger partial charge in [0.25, 0.3) is 0 Å². The Balaban J connectivity index is 1.85. The highest BCUT2D eigenvalue weighted by Gasteiger charge is 2.26. The van der Waals surface area contributed by atoms with Crippen LogP contribution < -0.4 is 10.0 Å². The van der Waals surface area contributed by atoms with Gasteiger partial charge in [0.15, 0.2) is 0 Å². The summed E-state index contributed by atoms with van der Waals surface area (Å²) in [5, 5.41) is 2.84. The molecule has 0 aliphatic heterocycles. The van der Waals surface area contributed by atoms with Gasteiger partial charge in [-0.05, 0) is 55.5 Å². The Labute approximate surface area is 182 Å². The normalized spacial score (nSPS) is 12.3. The molecule has 1 unspecified atom stereocenters. The highest BCUT2D eigenvalue weighted by atomic mass is 32.2. The lowest BCUT2D eigenvalue weighted by Crippen LogP contribution is -2.45. The molecule has 0 heterocycles. The maximum absolute atomic E-state index is 13.0. The van der Waals surface area contributed by atoms with E-state index in [1.807, 2.05) is 61.7 Å². The largest absolute Gasteiger partial charge is 0.325 e. The van der Waals surface area contributed by atoms with Crippen LogP contribution in [0.5, 0.6) is 0 Å². The van der Waals surface area contributed by atoms with E-state index in [-0.39, 0.29) is 11.3 Å². The van der Waals surface area contributed by atoms with Crippen LogP contribution in [0.15, 0.2) is 88.7 Å². The SMILES string of the molecule is CSc1cccc(NC(=O)C(Cc2ccccc2)NS(=O)(=O)c2ccc(C)cc2)c1. The van der Waals surface area contributed by atoms with Crippen molar-refractivity contribution in [3.05, 3.63) is 90.0 Å².